The average Bonchev–Trinajstić information content (AvgIpc) is 2.84. The summed E-state index contributed by atoms with van der Waals surface area (Å²) < 4.78 is 12.7. The Kier molecular flexibility index (Phi) is 5.30. The van der Waals surface area contributed by atoms with Gasteiger partial charge in [-0.3, -0.25) is 14.2 Å². The zero-order chi connectivity index (χ0) is 22.9. The smallest absolute Gasteiger partial charge is 0.265 e. The third-order valence-corrected chi connectivity index (χ3v) is 5.74. The maximum absolute atomic E-state index is 13.0. The van der Waals surface area contributed by atoms with E-state index >= 15 is 0 Å². The summed E-state index contributed by atoms with van der Waals surface area (Å²) in [5.41, 5.74) is 2.62. The maximum Gasteiger partial charge on any atom is 0.265 e. The minimum atomic E-state index is -0.220. The molecule has 5 rings (SSSR count). The lowest BCUT2D eigenvalue weighted by Gasteiger charge is -2.21. The summed E-state index contributed by atoms with van der Waals surface area (Å²) in [5.74, 6) is 1.79. The molecule has 3 aromatic carbocycles. The molecule has 0 saturated heterocycles. The van der Waals surface area contributed by atoms with E-state index in [-0.39, 0.29) is 17.5 Å². The van der Waals surface area contributed by atoms with Gasteiger partial charge in [-0.05, 0) is 67.9 Å². The summed E-state index contributed by atoms with van der Waals surface area (Å²) in [6.45, 7) is 4.76. The van der Waals surface area contributed by atoms with Crippen molar-refractivity contribution >= 4 is 16.8 Å². The number of hydrogen-bond donors (Lipinski definition) is 1. The summed E-state index contributed by atoms with van der Waals surface area (Å²) in [7, 11) is 0. The van der Waals surface area contributed by atoms with Crippen LogP contribution in [-0.2, 0) is 0 Å². The molecule has 1 aliphatic heterocycles. The average molecular weight is 441 g/mol. The lowest BCUT2D eigenvalue weighted by molar-refractivity contribution is 0.0939. The minimum Gasteiger partial charge on any atom is -0.486 e. The third-order valence-electron chi connectivity index (χ3n) is 5.74. The van der Waals surface area contributed by atoms with Crippen LogP contribution in [0.25, 0.3) is 16.6 Å². The normalized spacial score (nSPS) is 13.5. The fraction of sp³-hybridized carbons (Fsp3) is 0.192. The highest BCUT2D eigenvalue weighted by atomic mass is 16.6. The van der Waals surface area contributed by atoms with Crippen LogP contribution >= 0.6 is 0 Å². The molecule has 166 valence electrons. The molecule has 0 spiro atoms. The second-order valence-corrected chi connectivity index (χ2v) is 7.96. The fourth-order valence-corrected chi connectivity index (χ4v) is 4.00. The standard InChI is InChI=1S/C26H23N3O4/c1-16(19-9-12-23-24(15-19)33-14-13-32-23)27-25(30)18-7-10-20(11-8-18)29-17(2)28-22-6-4-3-5-21(22)26(29)31/h3-12,15-16H,13-14H2,1-2H3,(H,27,30)/t16-/m1/s1. The number of nitrogens with one attached hydrogen (secondary N) is 1. The molecule has 4 aromatic rings. The lowest BCUT2D eigenvalue weighted by Crippen LogP contribution is -2.27. The molecule has 7 nitrogen and oxygen atoms in total. The predicted molar refractivity (Wildman–Crippen MR) is 125 cm³/mol. The van der Waals surface area contributed by atoms with Crippen LogP contribution in [0.2, 0.25) is 0 Å². The number of fused-ring (bicyclic) bond motifs is 2. The van der Waals surface area contributed by atoms with E-state index in [4.69, 9.17) is 9.47 Å². The van der Waals surface area contributed by atoms with Crippen molar-refractivity contribution in [3.63, 3.8) is 0 Å². The SMILES string of the molecule is Cc1nc2ccccc2c(=O)n1-c1ccc(C(=O)N[C@H](C)c2ccc3c(c2)OCCO3)cc1. The van der Waals surface area contributed by atoms with Gasteiger partial charge in [-0.2, -0.15) is 0 Å². The molecular formula is C26H23N3O4. The topological polar surface area (TPSA) is 82.5 Å². The molecule has 0 radical (unpaired) electrons. The highest BCUT2D eigenvalue weighted by Gasteiger charge is 2.17. The van der Waals surface area contributed by atoms with E-state index in [1.54, 1.807) is 41.8 Å². The van der Waals surface area contributed by atoms with Crippen LogP contribution in [0.4, 0.5) is 0 Å². The Labute approximate surface area is 190 Å². The zero-order valence-electron chi connectivity index (χ0n) is 18.4. The van der Waals surface area contributed by atoms with Crippen molar-refractivity contribution in [2.24, 2.45) is 0 Å². The Morgan fingerprint density at radius 3 is 2.52 bits per heavy atom. The summed E-state index contributed by atoms with van der Waals surface area (Å²) >= 11 is 0. The number of amides is 1. The van der Waals surface area contributed by atoms with Gasteiger partial charge in [0, 0.05) is 5.56 Å². The predicted octanol–water partition coefficient (Wildman–Crippen LogP) is 3.96. The molecule has 0 fully saturated rings. The van der Waals surface area contributed by atoms with Crippen LogP contribution in [0.15, 0.2) is 71.5 Å². The van der Waals surface area contributed by atoms with Crippen molar-refractivity contribution in [3.05, 3.63) is 94.0 Å². The van der Waals surface area contributed by atoms with Gasteiger partial charge in [0.15, 0.2) is 11.5 Å². The number of rotatable bonds is 4. The Bertz CT molecular complexity index is 1410. The molecule has 7 heteroatoms. The number of carbonyl (C=O) groups excluding carboxylic acids is 1. The Hall–Kier alpha value is -4.13. The molecule has 33 heavy (non-hydrogen) atoms. The lowest BCUT2D eigenvalue weighted by atomic mass is 10.1. The molecule has 1 N–H and O–H groups in total. The van der Waals surface area contributed by atoms with Crippen LogP contribution in [0.3, 0.4) is 0 Å². The molecule has 0 bridgehead atoms. The van der Waals surface area contributed by atoms with Gasteiger partial charge < -0.3 is 14.8 Å². The van der Waals surface area contributed by atoms with Crippen molar-refractivity contribution in [2.75, 3.05) is 13.2 Å². The summed E-state index contributed by atoms with van der Waals surface area (Å²) in [6.07, 6.45) is 0. The Morgan fingerprint density at radius 2 is 1.73 bits per heavy atom. The van der Waals surface area contributed by atoms with Crippen molar-refractivity contribution in [2.45, 2.75) is 19.9 Å². The van der Waals surface area contributed by atoms with Crippen LogP contribution in [0.1, 0.15) is 34.7 Å². The first-order valence-electron chi connectivity index (χ1n) is 10.8. The molecule has 0 saturated carbocycles. The van der Waals surface area contributed by atoms with Gasteiger partial charge >= 0.3 is 0 Å². The van der Waals surface area contributed by atoms with Gasteiger partial charge in [0.05, 0.1) is 22.6 Å². The van der Waals surface area contributed by atoms with Gasteiger partial charge in [0.2, 0.25) is 0 Å². The van der Waals surface area contributed by atoms with E-state index in [1.165, 1.54) is 0 Å². The van der Waals surface area contributed by atoms with E-state index in [9.17, 15) is 9.59 Å². The van der Waals surface area contributed by atoms with E-state index < -0.39 is 0 Å². The molecule has 1 aliphatic rings. The molecule has 0 aliphatic carbocycles. The number of benzene rings is 3. The quantitative estimate of drug-likeness (QED) is 0.519. The molecule has 1 amide bonds. The molecule has 2 heterocycles. The highest BCUT2D eigenvalue weighted by molar-refractivity contribution is 5.94. The molecular weight excluding hydrogens is 418 g/mol. The molecule has 0 unspecified atom stereocenters. The largest absolute Gasteiger partial charge is 0.486 e. The summed E-state index contributed by atoms with van der Waals surface area (Å²) in [5, 5.41) is 3.56. The van der Waals surface area contributed by atoms with Gasteiger partial charge in [0.1, 0.15) is 19.0 Å². The number of hydrogen-bond acceptors (Lipinski definition) is 5. The Morgan fingerprint density at radius 1 is 1.00 bits per heavy atom. The number of aryl methyl sites for hydroxylation is 1. The van der Waals surface area contributed by atoms with Crippen LogP contribution in [-0.4, -0.2) is 28.7 Å². The van der Waals surface area contributed by atoms with E-state index in [1.807, 2.05) is 43.3 Å². The number of para-hydroxylation sites is 1. The number of aromatic nitrogens is 2. The van der Waals surface area contributed by atoms with Gasteiger partial charge in [-0.15, -0.1) is 0 Å². The fourth-order valence-electron chi connectivity index (χ4n) is 4.00. The van der Waals surface area contributed by atoms with E-state index in [2.05, 4.69) is 10.3 Å². The van der Waals surface area contributed by atoms with Crippen molar-refractivity contribution < 1.29 is 14.3 Å². The van der Waals surface area contributed by atoms with E-state index in [0.717, 1.165) is 5.56 Å². The van der Waals surface area contributed by atoms with Gasteiger partial charge in [0.25, 0.3) is 11.5 Å². The highest BCUT2D eigenvalue weighted by Crippen LogP contribution is 2.32. The number of ether oxygens (including phenoxy) is 2. The first kappa shape index (κ1) is 20.8. The van der Waals surface area contributed by atoms with Crippen molar-refractivity contribution in [1.29, 1.82) is 0 Å². The van der Waals surface area contributed by atoms with Gasteiger partial charge in [-0.25, -0.2) is 4.98 Å². The third kappa shape index (κ3) is 3.93. The van der Waals surface area contributed by atoms with E-state index in [0.29, 0.717) is 52.7 Å². The van der Waals surface area contributed by atoms with Crippen LogP contribution < -0.4 is 20.3 Å². The minimum absolute atomic E-state index is 0.137. The van der Waals surface area contributed by atoms with Crippen LogP contribution in [0.5, 0.6) is 11.5 Å². The summed E-state index contributed by atoms with van der Waals surface area (Å²) in [6, 6.07) is 19.7. The zero-order valence-corrected chi connectivity index (χ0v) is 18.4. The Balaban J connectivity index is 1.36. The number of carbonyl (C=O) groups is 1. The molecule has 1 atom stereocenters. The molecule has 1 aromatic heterocycles. The number of nitrogens with zero attached hydrogens (tertiary/aromatic N) is 2. The second kappa shape index (κ2) is 8.43. The second-order valence-electron chi connectivity index (χ2n) is 7.96. The van der Waals surface area contributed by atoms with Crippen LogP contribution in [0, 0.1) is 6.92 Å². The summed E-state index contributed by atoms with van der Waals surface area (Å²) in [4.78, 5) is 30.4. The first-order valence-corrected chi connectivity index (χ1v) is 10.8. The van der Waals surface area contributed by atoms with Crippen molar-refractivity contribution in [3.8, 4) is 17.2 Å². The monoisotopic (exact) mass is 441 g/mol. The maximum atomic E-state index is 13.0. The first-order chi connectivity index (χ1) is 16.0. The van der Waals surface area contributed by atoms with Gasteiger partial charge in [-0.1, -0.05) is 18.2 Å². The van der Waals surface area contributed by atoms with Crippen molar-refractivity contribution in [1.82, 2.24) is 14.9 Å².